The fraction of sp³-hybridized carbons (Fsp3) is 0.917. The number of terminal acetylenes is 1. The second-order valence-corrected chi connectivity index (χ2v) is 21.2. The van der Waals surface area contributed by atoms with Crippen molar-refractivity contribution in [1.82, 2.24) is 4.90 Å². The van der Waals surface area contributed by atoms with Crippen molar-refractivity contribution in [3.63, 3.8) is 0 Å². The van der Waals surface area contributed by atoms with Gasteiger partial charge in [-0.15, -0.1) is 6.42 Å². The van der Waals surface area contributed by atoms with Gasteiger partial charge >= 0.3 is 8.56 Å². The Morgan fingerprint density at radius 1 is 0.660 bits per heavy atom. The molecule has 3 atom stereocenters. The number of nitrogens with zero attached hydrogens (tertiary/aromatic N) is 1. The first-order valence-electron chi connectivity index (χ1n) is 23.2. The SMILES string of the molecule is C#CCN(C)CCCCCCO[Si](C)(C)OC(CCCCCCCCCCCCCCC)OC/C=C(\C)CCCC(C)CCCC(C)CCCC(C)C. The third-order valence-electron chi connectivity index (χ3n) is 11.1. The third kappa shape index (κ3) is 38.0. The molecule has 0 saturated carbocycles. The summed E-state index contributed by atoms with van der Waals surface area (Å²) in [7, 11) is -0.186. The summed E-state index contributed by atoms with van der Waals surface area (Å²) in [6.07, 6.45) is 43.2. The molecule has 0 rings (SSSR count). The van der Waals surface area contributed by atoms with Gasteiger partial charge in [-0.2, -0.15) is 0 Å². The lowest BCUT2D eigenvalue weighted by atomic mass is 9.91. The maximum Gasteiger partial charge on any atom is 0.333 e. The number of hydrogen-bond donors (Lipinski definition) is 0. The van der Waals surface area contributed by atoms with E-state index in [-0.39, 0.29) is 6.29 Å². The molecule has 0 aliphatic rings. The van der Waals surface area contributed by atoms with Gasteiger partial charge in [0.25, 0.3) is 0 Å². The van der Waals surface area contributed by atoms with E-state index in [0.29, 0.717) is 6.61 Å². The fourth-order valence-electron chi connectivity index (χ4n) is 7.35. The molecule has 0 aromatic heterocycles. The minimum absolute atomic E-state index is 0.173. The molecule has 0 spiro atoms. The second-order valence-electron chi connectivity index (χ2n) is 17.9. The molecule has 0 fully saturated rings. The van der Waals surface area contributed by atoms with Crippen LogP contribution in [0.5, 0.6) is 0 Å². The molecule has 0 radical (unpaired) electrons. The van der Waals surface area contributed by atoms with Crippen LogP contribution in [0.2, 0.25) is 13.1 Å². The molecule has 3 unspecified atom stereocenters. The van der Waals surface area contributed by atoms with Gasteiger partial charge in [0.2, 0.25) is 0 Å². The van der Waals surface area contributed by atoms with Gasteiger partial charge in [-0.05, 0) is 89.9 Å². The van der Waals surface area contributed by atoms with Gasteiger partial charge in [-0.3, -0.25) is 4.90 Å². The average Bonchev–Trinajstić information content (AvgIpc) is 3.09. The Morgan fingerprint density at radius 2 is 1.17 bits per heavy atom. The van der Waals surface area contributed by atoms with Crippen LogP contribution in [0.1, 0.15) is 215 Å². The Kier molecular flexibility index (Phi) is 36.5. The average molecular weight is 762 g/mol. The first-order valence-corrected chi connectivity index (χ1v) is 26.0. The Morgan fingerprint density at radius 3 is 1.74 bits per heavy atom. The molecule has 0 amide bonds. The van der Waals surface area contributed by atoms with Gasteiger partial charge in [-0.25, -0.2) is 0 Å². The maximum atomic E-state index is 6.65. The molecule has 4 nitrogen and oxygen atoms in total. The van der Waals surface area contributed by atoms with Crippen LogP contribution in [-0.2, 0) is 13.6 Å². The van der Waals surface area contributed by atoms with Crippen molar-refractivity contribution in [2.24, 2.45) is 17.8 Å². The molecule has 0 aromatic carbocycles. The number of allylic oxidation sites excluding steroid dienone is 1. The molecular weight excluding hydrogens is 667 g/mol. The summed E-state index contributed by atoms with van der Waals surface area (Å²) in [4.78, 5) is 2.22. The van der Waals surface area contributed by atoms with Crippen LogP contribution in [0, 0.1) is 30.1 Å². The van der Waals surface area contributed by atoms with E-state index in [2.05, 4.69) is 78.6 Å². The van der Waals surface area contributed by atoms with E-state index in [1.807, 2.05) is 0 Å². The topological polar surface area (TPSA) is 30.9 Å². The highest BCUT2D eigenvalue weighted by atomic mass is 28.4. The zero-order valence-electron chi connectivity index (χ0n) is 37.6. The van der Waals surface area contributed by atoms with Crippen molar-refractivity contribution in [1.29, 1.82) is 0 Å². The predicted molar refractivity (Wildman–Crippen MR) is 238 cm³/mol. The minimum atomic E-state index is -2.29. The Labute approximate surface area is 335 Å². The summed E-state index contributed by atoms with van der Waals surface area (Å²) < 4.78 is 19.5. The first-order chi connectivity index (χ1) is 25.5. The third-order valence-corrected chi connectivity index (χ3v) is 12.8. The monoisotopic (exact) mass is 762 g/mol. The van der Waals surface area contributed by atoms with Crippen LogP contribution in [0.3, 0.4) is 0 Å². The lowest BCUT2D eigenvalue weighted by molar-refractivity contribution is -0.0939. The van der Waals surface area contributed by atoms with Crippen LogP contribution < -0.4 is 0 Å². The second kappa shape index (κ2) is 37.0. The van der Waals surface area contributed by atoms with Crippen molar-refractivity contribution in [2.45, 2.75) is 234 Å². The van der Waals surface area contributed by atoms with Crippen LogP contribution in [-0.4, -0.2) is 53.1 Å². The fourth-order valence-corrected chi connectivity index (χ4v) is 8.88. The zero-order valence-corrected chi connectivity index (χ0v) is 38.6. The quantitative estimate of drug-likeness (QED) is 0.0205. The van der Waals surface area contributed by atoms with Crippen molar-refractivity contribution >= 4 is 8.56 Å². The highest BCUT2D eigenvalue weighted by Gasteiger charge is 2.29. The predicted octanol–water partition coefficient (Wildman–Crippen LogP) is 15.1. The smallest absolute Gasteiger partial charge is 0.333 e. The van der Waals surface area contributed by atoms with E-state index < -0.39 is 8.56 Å². The molecule has 314 valence electrons. The molecule has 0 bridgehead atoms. The molecule has 0 aliphatic carbocycles. The molecule has 53 heavy (non-hydrogen) atoms. The van der Waals surface area contributed by atoms with Crippen molar-refractivity contribution in [3.05, 3.63) is 11.6 Å². The van der Waals surface area contributed by atoms with Crippen LogP contribution in [0.4, 0.5) is 0 Å². The van der Waals surface area contributed by atoms with Gasteiger partial charge in [0.1, 0.15) is 6.29 Å². The van der Waals surface area contributed by atoms with E-state index in [4.69, 9.17) is 20.0 Å². The molecular formula is C48H95NO3Si. The molecule has 0 N–H and O–H groups in total. The van der Waals surface area contributed by atoms with Crippen molar-refractivity contribution < 1.29 is 13.6 Å². The maximum absolute atomic E-state index is 6.65. The van der Waals surface area contributed by atoms with Crippen LogP contribution in [0.25, 0.3) is 0 Å². The molecule has 0 aliphatic heterocycles. The van der Waals surface area contributed by atoms with Crippen molar-refractivity contribution in [3.8, 4) is 12.3 Å². The molecule has 0 heterocycles. The standard InChI is InChI=1S/C48H95NO3Si/c1-11-13-14-15-16-17-18-19-20-21-22-23-26-38-48(52-53(9,10)51-42-28-25-24-27-41-49(8)40-12-2)50-43-39-47(7)37-31-36-46(6)35-30-34-45(5)33-29-32-44(3)4/h2,39,44-46,48H,11,13-38,40-43H2,1,3-10H3/b47-39+. The Bertz CT molecular complexity index is 852. The molecule has 5 heteroatoms. The largest absolute Gasteiger partial charge is 0.394 e. The Balaban J connectivity index is 4.56. The summed E-state index contributed by atoms with van der Waals surface area (Å²) >= 11 is 0. The van der Waals surface area contributed by atoms with E-state index in [1.54, 1.807) is 0 Å². The van der Waals surface area contributed by atoms with Gasteiger partial charge in [-0.1, -0.05) is 187 Å². The number of unbranched alkanes of at least 4 members (excludes halogenated alkanes) is 15. The van der Waals surface area contributed by atoms with Crippen LogP contribution in [0.15, 0.2) is 11.6 Å². The highest BCUT2D eigenvalue weighted by Crippen LogP contribution is 2.23. The van der Waals surface area contributed by atoms with Crippen molar-refractivity contribution in [2.75, 3.05) is 33.4 Å². The first kappa shape index (κ1) is 52.4. The van der Waals surface area contributed by atoms with Gasteiger partial charge in [0.05, 0.1) is 13.2 Å². The summed E-state index contributed by atoms with van der Waals surface area (Å²) in [5.41, 5.74) is 1.45. The summed E-state index contributed by atoms with van der Waals surface area (Å²) in [6, 6.07) is 0. The number of ether oxygens (including phenoxy) is 1. The Hall–Kier alpha value is -0.643. The lowest BCUT2D eigenvalue weighted by Gasteiger charge is -2.29. The lowest BCUT2D eigenvalue weighted by Crippen LogP contribution is -2.40. The van der Waals surface area contributed by atoms with Gasteiger partial charge in [0, 0.05) is 6.61 Å². The summed E-state index contributed by atoms with van der Waals surface area (Å²) in [6.45, 7) is 21.8. The number of hydrogen-bond acceptors (Lipinski definition) is 4. The zero-order chi connectivity index (χ0) is 39.4. The van der Waals surface area contributed by atoms with E-state index in [1.165, 1.54) is 160 Å². The molecule has 0 saturated heterocycles. The minimum Gasteiger partial charge on any atom is -0.394 e. The van der Waals surface area contributed by atoms with E-state index in [9.17, 15) is 0 Å². The highest BCUT2D eigenvalue weighted by molar-refractivity contribution is 6.64. The van der Waals surface area contributed by atoms with Crippen LogP contribution >= 0.6 is 0 Å². The van der Waals surface area contributed by atoms with Gasteiger partial charge in [0.15, 0.2) is 0 Å². The normalized spacial score (nSPS) is 14.3. The van der Waals surface area contributed by atoms with Gasteiger partial charge < -0.3 is 13.6 Å². The summed E-state index contributed by atoms with van der Waals surface area (Å²) in [5.74, 6) is 5.28. The van der Waals surface area contributed by atoms with E-state index in [0.717, 1.165) is 56.7 Å². The van der Waals surface area contributed by atoms with E-state index >= 15 is 0 Å². The summed E-state index contributed by atoms with van der Waals surface area (Å²) in [5, 5.41) is 0. The number of rotatable bonds is 40. The molecule has 0 aromatic rings.